The number of aromatic nitrogens is 6. The van der Waals surface area contributed by atoms with E-state index < -0.39 is 0 Å². The molecule has 0 atom stereocenters. The highest BCUT2D eigenvalue weighted by molar-refractivity contribution is 5.50. The molecule has 0 aliphatic carbocycles. The van der Waals surface area contributed by atoms with Gasteiger partial charge < -0.3 is 19.4 Å². The summed E-state index contributed by atoms with van der Waals surface area (Å²) in [6.45, 7) is 10.7. The van der Waals surface area contributed by atoms with E-state index in [4.69, 9.17) is 14.7 Å². The number of morpholine rings is 1. The average Bonchev–Trinajstić information content (AvgIpc) is 3.22. The Kier molecular flexibility index (Phi) is 4.62. The Bertz CT molecular complexity index is 1010. The first-order chi connectivity index (χ1) is 14.2. The minimum absolute atomic E-state index is 0.639. The molecule has 0 radical (unpaired) electrons. The molecule has 3 aromatic rings. The van der Waals surface area contributed by atoms with Gasteiger partial charge in [-0.2, -0.15) is 19.6 Å². The fraction of sp³-hybridized carbons (Fsp3) is 0.526. The molecule has 0 unspecified atom stereocenters. The lowest BCUT2D eigenvalue weighted by atomic mass is 10.3. The average molecular weight is 395 g/mol. The topological polar surface area (TPSA) is 87.8 Å². The van der Waals surface area contributed by atoms with Gasteiger partial charge in [-0.1, -0.05) is 0 Å². The molecule has 0 saturated carbocycles. The smallest absolute Gasteiger partial charge is 0.254 e. The van der Waals surface area contributed by atoms with Crippen LogP contribution in [0.1, 0.15) is 11.4 Å². The van der Waals surface area contributed by atoms with Crippen molar-refractivity contribution < 1.29 is 4.74 Å². The number of anilines is 3. The van der Waals surface area contributed by atoms with Crippen molar-refractivity contribution >= 4 is 23.4 Å². The van der Waals surface area contributed by atoms with E-state index >= 15 is 0 Å². The quantitative estimate of drug-likeness (QED) is 0.636. The van der Waals surface area contributed by atoms with Crippen LogP contribution in [0.25, 0.3) is 5.78 Å². The van der Waals surface area contributed by atoms with Gasteiger partial charge in [0.25, 0.3) is 5.78 Å². The molecule has 29 heavy (non-hydrogen) atoms. The summed E-state index contributed by atoms with van der Waals surface area (Å²) in [5.74, 6) is 3.47. The van der Waals surface area contributed by atoms with Gasteiger partial charge in [-0.3, -0.25) is 0 Å². The molecule has 2 saturated heterocycles. The molecule has 2 fully saturated rings. The predicted molar refractivity (Wildman–Crippen MR) is 110 cm³/mol. The van der Waals surface area contributed by atoms with Crippen LogP contribution in [0.3, 0.4) is 0 Å². The summed E-state index contributed by atoms with van der Waals surface area (Å²) in [6, 6.07) is 4.13. The van der Waals surface area contributed by atoms with Gasteiger partial charge in [0.05, 0.1) is 13.2 Å². The van der Waals surface area contributed by atoms with Crippen LogP contribution in [0, 0.1) is 13.8 Å². The van der Waals surface area contributed by atoms with E-state index in [2.05, 4.69) is 41.9 Å². The maximum absolute atomic E-state index is 5.47. The summed E-state index contributed by atoms with van der Waals surface area (Å²) in [5.41, 5.74) is 1.94. The van der Waals surface area contributed by atoms with Gasteiger partial charge in [0.2, 0.25) is 5.95 Å². The van der Waals surface area contributed by atoms with Crippen molar-refractivity contribution in [1.29, 1.82) is 0 Å². The molecule has 0 N–H and O–H groups in total. The van der Waals surface area contributed by atoms with Gasteiger partial charge in [-0.15, -0.1) is 0 Å². The summed E-state index contributed by atoms with van der Waals surface area (Å²) in [4.78, 5) is 25.1. The normalized spacial score (nSPS) is 17.9. The molecule has 2 aliphatic heterocycles. The van der Waals surface area contributed by atoms with Gasteiger partial charge in [-0.05, 0) is 13.8 Å². The number of ether oxygens (including phenoxy) is 1. The fourth-order valence-electron chi connectivity index (χ4n) is 3.90. The number of aryl methyl sites for hydroxylation is 2. The van der Waals surface area contributed by atoms with Crippen molar-refractivity contribution in [1.82, 2.24) is 29.5 Å². The van der Waals surface area contributed by atoms with Crippen LogP contribution in [0.2, 0.25) is 0 Å². The van der Waals surface area contributed by atoms with E-state index in [9.17, 15) is 0 Å². The molecule has 3 aromatic heterocycles. The molecular formula is C19H25N9O. The van der Waals surface area contributed by atoms with E-state index in [1.54, 1.807) is 6.33 Å². The summed E-state index contributed by atoms with van der Waals surface area (Å²) < 4.78 is 7.28. The second-order valence-electron chi connectivity index (χ2n) is 7.47. The number of fused-ring (bicyclic) bond motifs is 1. The molecule has 2 aliphatic rings. The Balaban J connectivity index is 1.34. The third-order valence-electron chi connectivity index (χ3n) is 5.41. The van der Waals surface area contributed by atoms with Gasteiger partial charge >= 0.3 is 0 Å². The number of piperazine rings is 1. The predicted octanol–water partition coefficient (Wildman–Crippen LogP) is 0.694. The Hall–Kier alpha value is -3.01. The lowest BCUT2D eigenvalue weighted by Crippen LogP contribution is -2.48. The minimum atomic E-state index is 0.639. The van der Waals surface area contributed by atoms with E-state index in [1.807, 2.05) is 18.4 Å². The van der Waals surface area contributed by atoms with E-state index in [0.29, 0.717) is 5.78 Å². The molecule has 10 nitrogen and oxygen atoms in total. The van der Waals surface area contributed by atoms with Crippen LogP contribution >= 0.6 is 0 Å². The summed E-state index contributed by atoms with van der Waals surface area (Å²) in [7, 11) is 0. The first-order valence-corrected chi connectivity index (χ1v) is 10.0. The molecule has 5 rings (SSSR count). The fourth-order valence-corrected chi connectivity index (χ4v) is 3.90. The Morgan fingerprint density at radius 2 is 1.52 bits per heavy atom. The highest BCUT2D eigenvalue weighted by Gasteiger charge is 2.23. The Morgan fingerprint density at radius 1 is 0.793 bits per heavy atom. The minimum Gasteiger partial charge on any atom is -0.378 e. The van der Waals surface area contributed by atoms with Crippen molar-refractivity contribution in [3.8, 4) is 0 Å². The SMILES string of the molecule is Cc1cc(N2CCOCC2)nc(N2CCN(c3cc(C)nc4ncnn34)CC2)n1. The molecule has 0 bridgehead atoms. The first kappa shape index (κ1) is 18.0. The number of nitrogens with zero attached hydrogens (tertiary/aromatic N) is 9. The summed E-state index contributed by atoms with van der Waals surface area (Å²) in [6.07, 6.45) is 1.55. The highest BCUT2D eigenvalue weighted by atomic mass is 16.5. The molecule has 0 amide bonds. The largest absolute Gasteiger partial charge is 0.378 e. The van der Waals surface area contributed by atoms with Gasteiger partial charge in [0.15, 0.2) is 0 Å². The van der Waals surface area contributed by atoms with Crippen molar-refractivity contribution in [2.45, 2.75) is 13.8 Å². The van der Waals surface area contributed by atoms with Crippen molar-refractivity contribution in [3.05, 3.63) is 29.8 Å². The Labute approximate surface area is 169 Å². The van der Waals surface area contributed by atoms with Crippen LogP contribution in [-0.4, -0.2) is 82.0 Å². The van der Waals surface area contributed by atoms with Crippen molar-refractivity contribution in [2.75, 3.05) is 67.2 Å². The van der Waals surface area contributed by atoms with E-state index in [-0.39, 0.29) is 0 Å². The van der Waals surface area contributed by atoms with Crippen LogP contribution in [0.15, 0.2) is 18.5 Å². The Morgan fingerprint density at radius 3 is 2.31 bits per heavy atom. The van der Waals surface area contributed by atoms with Crippen LogP contribution in [-0.2, 0) is 4.74 Å². The lowest BCUT2D eigenvalue weighted by Gasteiger charge is -2.36. The highest BCUT2D eigenvalue weighted by Crippen LogP contribution is 2.22. The molecule has 0 aromatic carbocycles. The summed E-state index contributed by atoms with van der Waals surface area (Å²) in [5, 5.41) is 4.33. The molecule has 5 heterocycles. The lowest BCUT2D eigenvalue weighted by molar-refractivity contribution is 0.122. The second-order valence-corrected chi connectivity index (χ2v) is 7.47. The standard InChI is InChI=1S/C19H25N9O/c1-14-11-16(25-7-9-29-10-8-25)24-19(23-14)27-5-3-26(4-6-27)17-12-15(2)22-18-20-13-21-28(17)18/h11-13H,3-10H2,1-2H3. The van der Waals surface area contributed by atoms with Crippen LogP contribution < -0.4 is 14.7 Å². The van der Waals surface area contributed by atoms with Crippen molar-refractivity contribution in [3.63, 3.8) is 0 Å². The van der Waals surface area contributed by atoms with Crippen LogP contribution in [0.4, 0.5) is 17.6 Å². The zero-order chi connectivity index (χ0) is 19.8. The van der Waals surface area contributed by atoms with E-state index in [1.165, 1.54) is 0 Å². The zero-order valence-corrected chi connectivity index (χ0v) is 16.8. The number of rotatable bonds is 3. The third-order valence-corrected chi connectivity index (χ3v) is 5.41. The molecule has 10 heteroatoms. The van der Waals surface area contributed by atoms with Crippen molar-refractivity contribution in [2.24, 2.45) is 0 Å². The second kappa shape index (κ2) is 7.43. The maximum atomic E-state index is 5.47. The van der Waals surface area contributed by atoms with Gasteiger partial charge in [0, 0.05) is 62.8 Å². The molecular weight excluding hydrogens is 370 g/mol. The monoisotopic (exact) mass is 395 g/mol. The zero-order valence-electron chi connectivity index (χ0n) is 16.8. The van der Waals surface area contributed by atoms with Crippen LogP contribution in [0.5, 0.6) is 0 Å². The molecule has 0 spiro atoms. The third kappa shape index (κ3) is 3.55. The maximum Gasteiger partial charge on any atom is 0.254 e. The number of hydrogen-bond acceptors (Lipinski definition) is 9. The first-order valence-electron chi connectivity index (χ1n) is 10.0. The summed E-state index contributed by atoms with van der Waals surface area (Å²) >= 11 is 0. The van der Waals surface area contributed by atoms with Gasteiger partial charge in [0.1, 0.15) is 18.0 Å². The van der Waals surface area contributed by atoms with Gasteiger partial charge in [-0.25, -0.2) is 9.97 Å². The number of hydrogen-bond donors (Lipinski definition) is 0. The molecule has 152 valence electrons. The van der Waals surface area contributed by atoms with E-state index in [0.717, 1.165) is 81.5 Å².